The van der Waals surface area contributed by atoms with Gasteiger partial charge in [0, 0.05) is 6.42 Å². The zero-order valence-corrected chi connectivity index (χ0v) is 10.9. The highest BCUT2D eigenvalue weighted by Crippen LogP contribution is 2.21. The van der Waals surface area contributed by atoms with Gasteiger partial charge in [-0.2, -0.15) is 0 Å². The fourth-order valence-corrected chi connectivity index (χ4v) is 1.78. The molecule has 0 aromatic rings. The topological polar surface area (TPSA) is 149 Å². The van der Waals surface area contributed by atoms with Gasteiger partial charge in [0.05, 0.1) is 25.9 Å². The smallest absolute Gasteiger partial charge is 0.163 e. The van der Waals surface area contributed by atoms with Gasteiger partial charge in [-0.3, -0.25) is 0 Å². The van der Waals surface area contributed by atoms with E-state index in [0.717, 1.165) is 0 Å². The standard InChI is InChI=1S/C11H22O9/c12-2-7(16)8(3-13)18-5-19-10-1-6(15)11(17)9(4-14)20-10/h6-17H,1-5H2/t6?,7-,8?,9?,10-,11-/m0/s1. The lowest BCUT2D eigenvalue weighted by atomic mass is 10.0. The van der Waals surface area contributed by atoms with E-state index in [1.165, 1.54) is 0 Å². The maximum absolute atomic E-state index is 9.56. The van der Waals surface area contributed by atoms with E-state index in [4.69, 9.17) is 29.5 Å². The Morgan fingerprint density at radius 3 is 2.40 bits per heavy atom. The summed E-state index contributed by atoms with van der Waals surface area (Å²) in [7, 11) is 0. The molecule has 0 aromatic carbocycles. The highest BCUT2D eigenvalue weighted by molar-refractivity contribution is 4.82. The molecule has 9 heteroatoms. The quantitative estimate of drug-likeness (QED) is 0.251. The molecule has 3 unspecified atom stereocenters. The van der Waals surface area contributed by atoms with Crippen LogP contribution < -0.4 is 0 Å². The van der Waals surface area contributed by atoms with Crippen LogP contribution in [-0.2, 0) is 14.2 Å². The minimum absolute atomic E-state index is 0.00658. The Bertz CT molecular complexity index is 264. The molecular weight excluding hydrogens is 276 g/mol. The summed E-state index contributed by atoms with van der Waals surface area (Å²) in [4.78, 5) is 0. The summed E-state index contributed by atoms with van der Waals surface area (Å²) in [5.41, 5.74) is 0. The Labute approximate surface area is 115 Å². The lowest BCUT2D eigenvalue weighted by Gasteiger charge is -2.36. The third-order valence-corrected chi connectivity index (χ3v) is 3.05. The van der Waals surface area contributed by atoms with Crippen LogP contribution in [-0.4, -0.2) is 94.1 Å². The third kappa shape index (κ3) is 4.88. The summed E-state index contributed by atoms with van der Waals surface area (Å²) in [5.74, 6) is 0. The fraction of sp³-hybridized carbons (Fsp3) is 1.00. The summed E-state index contributed by atoms with van der Waals surface area (Å²) >= 11 is 0. The second kappa shape index (κ2) is 8.82. The average molecular weight is 298 g/mol. The zero-order chi connectivity index (χ0) is 15.1. The Hall–Kier alpha value is -0.360. The largest absolute Gasteiger partial charge is 0.394 e. The summed E-state index contributed by atoms with van der Waals surface area (Å²) in [6.07, 6.45) is -6.39. The van der Waals surface area contributed by atoms with Gasteiger partial charge in [0.2, 0.25) is 0 Å². The van der Waals surface area contributed by atoms with Gasteiger partial charge in [0.1, 0.15) is 24.4 Å². The van der Waals surface area contributed by atoms with Crippen molar-refractivity contribution in [1.82, 2.24) is 0 Å². The monoisotopic (exact) mass is 298 g/mol. The van der Waals surface area contributed by atoms with Gasteiger partial charge in [0.15, 0.2) is 13.1 Å². The molecule has 1 saturated heterocycles. The predicted octanol–water partition coefficient (Wildman–Crippen LogP) is -3.48. The first-order valence-corrected chi connectivity index (χ1v) is 6.28. The summed E-state index contributed by atoms with van der Waals surface area (Å²) < 4.78 is 15.3. The number of rotatable bonds is 8. The zero-order valence-electron chi connectivity index (χ0n) is 10.9. The number of aliphatic hydroxyl groups is 6. The lowest BCUT2D eigenvalue weighted by Crippen LogP contribution is -2.50. The molecule has 0 aromatic heterocycles. The molecule has 1 rings (SSSR count). The van der Waals surface area contributed by atoms with Crippen molar-refractivity contribution in [1.29, 1.82) is 0 Å². The highest BCUT2D eigenvalue weighted by atomic mass is 16.8. The van der Waals surface area contributed by atoms with Crippen LogP contribution >= 0.6 is 0 Å². The Morgan fingerprint density at radius 2 is 1.85 bits per heavy atom. The second-order valence-corrected chi connectivity index (χ2v) is 4.50. The van der Waals surface area contributed by atoms with E-state index in [-0.39, 0.29) is 13.2 Å². The van der Waals surface area contributed by atoms with Crippen molar-refractivity contribution in [3.8, 4) is 0 Å². The Kier molecular flexibility index (Phi) is 7.80. The van der Waals surface area contributed by atoms with Gasteiger partial charge in [-0.05, 0) is 0 Å². The Morgan fingerprint density at radius 1 is 1.15 bits per heavy atom. The van der Waals surface area contributed by atoms with Gasteiger partial charge < -0.3 is 44.8 Å². The SMILES string of the molecule is OCC1O[C@H](OCOC(CO)[C@@H](O)CO)CC(O)[C@@H]1O. The van der Waals surface area contributed by atoms with Gasteiger partial charge in [0.25, 0.3) is 0 Å². The molecule has 120 valence electrons. The minimum Gasteiger partial charge on any atom is -0.394 e. The number of hydrogen-bond acceptors (Lipinski definition) is 9. The first kappa shape index (κ1) is 17.7. The van der Waals surface area contributed by atoms with Crippen LogP contribution in [0.25, 0.3) is 0 Å². The van der Waals surface area contributed by atoms with Crippen LogP contribution in [0.3, 0.4) is 0 Å². The van der Waals surface area contributed by atoms with Crippen molar-refractivity contribution >= 4 is 0 Å². The van der Waals surface area contributed by atoms with E-state index in [2.05, 4.69) is 0 Å². The Balaban J connectivity index is 2.34. The van der Waals surface area contributed by atoms with Crippen LogP contribution in [0.4, 0.5) is 0 Å². The second-order valence-electron chi connectivity index (χ2n) is 4.50. The predicted molar refractivity (Wildman–Crippen MR) is 63.4 cm³/mol. The van der Waals surface area contributed by atoms with Crippen LogP contribution in [0.2, 0.25) is 0 Å². The molecular formula is C11H22O9. The van der Waals surface area contributed by atoms with Gasteiger partial charge in [-0.25, -0.2) is 0 Å². The molecule has 0 bridgehead atoms. The normalized spacial score (nSPS) is 33.9. The molecule has 0 aliphatic carbocycles. The van der Waals surface area contributed by atoms with Crippen molar-refractivity contribution in [2.24, 2.45) is 0 Å². The molecule has 1 aliphatic rings. The van der Waals surface area contributed by atoms with Crippen LogP contribution in [0.1, 0.15) is 6.42 Å². The summed E-state index contributed by atoms with van der Waals surface area (Å²) in [5, 5.41) is 55.0. The summed E-state index contributed by atoms with van der Waals surface area (Å²) in [6, 6.07) is 0. The first-order chi connectivity index (χ1) is 9.53. The lowest BCUT2D eigenvalue weighted by molar-refractivity contribution is -0.285. The van der Waals surface area contributed by atoms with E-state index in [9.17, 15) is 15.3 Å². The molecule has 0 amide bonds. The molecule has 0 radical (unpaired) electrons. The van der Waals surface area contributed by atoms with Crippen molar-refractivity contribution < 1.29 is 44.8 Å². The molecule has 1 aliphatic heterocycles. The number of aliphatic hydroxyl groups excluding tert-OH is 6. The van der Waals surface area contributed by atoms with Crippen molar-refractivity contribution in [2.75, 3.05) is 26.6 Å². The molecule has 1 fully saturated rings. The third-order valence-electron chi connectivity index (χ3n) is 3.05. The van der Waals surface area contributed by atoms with Crippen LogP contribution in [0.15, 0.2) is 0 Å². The molecule has 0 saturated carbocycles. The summed E-state index contributed by atoms with van der Waals surface area (Å²) in [6.45, 7) is -1.89. The molecule has 0 spiro atoms. The maximum Gasteiger partial charge on any atom is 0.163 e. The number of hydrogen-bond donors (Lipinski definition) is 6. The molecule has 6 N–H and O–H groups in total. The molecule has 6 atom stereocenters. The highest BCUT2D eigenvalue weighted by Gasteiger charge is 2.36. The maximum atomic E-state index is 9.56. The van der Waals surface area contributed by atoms with Crippen molar-refractivity contribution in [2.45, 2.75) is 43.2 Å². The first-order valence-electron chi connectivity index (χ1n) is 6.28. The van der Waals surface area contributed by atoms with Crippen molar-refractivity contribution in [3.63, 3.8) is 0 Å². The number of ether oxygens (including phenoxy) is 3. The molecule has 1 heterocycles. The van der Waals surface area contributed by atoms with E-state index >= 15 is 0 Å². The van der Waals surface area contributed by atoms with Gasteiger partial charge in [-0.15, -0.1) is 0 Å². The van der Waals surface area contributed by atoms with Gasteiger partial charge >= 0.3 is 0 Å². The fourth-order valence-electron chi connectivity index (χ4n) is 1.78. The van der Waals surface area contributed by atoms with E-state index in [0.29, 0.717) is 0 Å². The minimum atomic E-state index is -1.24. The van der Waals surface area contributed by atoms with E-state index < -0.39 is 56.6 Å². The molecule has 9 nitrogen and oxygen atoms in total. The van der Waals surface area contributed by atoms with Crippen molar-refractivity contribution in [3.05, 3.63) is 0 Å². The van der Waals surface area contributed by atoms with E-state index in [1.807, 2.05) is 0 Å². The van der Waals surface area contributed by atoms with Crippen LogP contribution in [0.5, 0.6) is 0 Å². The van der Waals surface area contributed by atoms with E-state index in [1.54, 1.807) is 0 Å². The van der Waals surface area contributed by atoms with Gasteiger partial charge in [-0.1, -0.05) is 0 Å². The van der Waals surface area contributed by atoms with Crippen LogP contribution in [0, 0.1) is 0 Å². The molecule has 20 heavy (non-hydrogen) atoms. The average Bonchev–Trinajstić information content (AvgIpc) is 2.46.